The molecule has 1 N–H and O–H groups in total. The molecule has 0 saturated carbocycles. The van der Waals surface area contributed by atoms with Crippen LogP contribution in [0.1, 0.15) is 25.7 Å². The number of halogens is 18. The zero-order valence-corrected chi connectivity index (χ0v) is 15.9. The van der Waals surface area contributed by atoms with Crippen LogP contribution in [0.15, 0.2) is 0 Å². The Kier molecular flexibility index (Phi) is 9.23. The molecule has 206 valence electrons. The van der Waals surface area contributed by atoms with Gasteiger partial charge < -0.3 is 5.21 Å². The fourth-order valence-corrected chi connectivity index (χ4v) is 2.21. The topological polar surface area (TPSA) is 23.5 Å². The quantitative estimate of drug-likeness (QED) is 0.205. The maximum Gasteiger partial charge on any atom is 0.460 e. The predicted molar refractivity (Wildman–Crippen MR) is 73.6 cm³/mol. The molecule has 0 spiro atoms. The van der Waals surface area contributed by atoms with Crippen molar-refractivity contribution < 1.29 is 84.2 Å². The lowest BCUT2D eigenvalue weighted by atomic mass is 9.99. The van der Waals surface area contributed by atoms with Crippen molar-refractivity contribution in [2.75, 3.05) is 13.1 Å². The standard InChI is InChI=1S/C14H13F18NO/c15-7(16,9(19,20)11(23,24)13(27,28)29)3-1-5-33(34)6-2-4-8(17,18)10(21,22)12(25,26)14(30,31)32/h34H,1-6H2. The summed E-state index contributed by atoms with van der Waals surface area (Å²) in [6.07, 6.45) is -22.1. The van der Waals surface area contributed by atoms with E-state index in [-0.39, 0.29) is 0 Å². The average molecular weight is 553 g/mol. The van der Waals surface area contributed by atoms with Gasteiger partial charge in [0.1, 0.15) is 0 Å². The normalized spacial score (nSPS) is 15.9. The Morgan fingerprint density at radius 3 is 0.853 bits per heavy atom. The monoisotopic (exact) mass is 553 g/mol. The zero-order chi connectivity index (χ0) is 27.8. The summed E-state index contributed by atoms with van der Waals surface area (Å²) in [5.41, 5.74) is 0. The van der Waals surface area contributed by atoms with Gasteiger partial charge in [-0.2, -0.15) is 84.1 Å². The first-order valence-electron chi connectivity index (χ1n) is 8.44. The van der Waals surface area contributed by atoms with E-state index in [0.29, 0.717) is 0 Å². The molecule has 0 bridgehead atoms. The smallest absolute Gasteiger partial charge is 0.314 e. The number of hydroxylamine groups is 2. The molecule has 0 aromatic rings. The van der Waals surface area contributed by atoms with Gasteiger partial charge in [-0.25, -0.2) is 0 Å². The first kappa shape index (κ1) is 32.7. The van der Waals surface area contributed by atoms with Gasteiger partial charge in [0.2, 0.25) is 0 Å². The van der Waals surface area contributed by atoms with Crippen molar-refractivity contribution in [1.82, 2.24) is 5.06 Å². The number of alkyl halides is 18. The summed E-state index contributed by atoms with van der Waals surface area (Å²) in [5, 5.41) is 8.74. The van der Waals surface area contributed by atoms with E-state index < -0.39 is 91.7 Å². The number of hydrogen-bond donors (Lipinski definition) is 1. The third-order valence-corrected chi connectivity index (χ3v) is 4.23. The Morgan fingerprint density at radius 2 is 0.647 bits per heavy atom. The highest BCUT2D eigenvalue weighted by molar-refractivity contribution is 5.01. The highest BCUT2D eigenvalue weighted by atomic mass is 19.4. The molecule has 0 aromatic heterocycles. The largest absolute Gasteiger partial charge is 0.460 e. The number of nitrogens with zero attached hydrogens (tertiary/aromatic N) is 1. The van der Waals surface area contributed by atoms with E-state index in [2.05, 4.69) is 0 Å². The first-order valence-corrected chi connectivity index (χ1v) is 8.44. The highest BCUT2D eigenvalue weighted by Gasteiger charge is 2.82. The number of hydrogen-bond acceptors (Lipinski definition) is 2. The van der Waals surface area contributed by atoms with Crippen LogP contribution in [0.4, 0.5) is 79.0 Å². The van der Waals surface area contributed by atoms with Gasteiger partial charge in [0, 0.05) is 25.9 Å². The molecule has 0 radical (unpaired) electrons. The van der Waals surface area contributed by atoms with Gasteiger partial charge >= 0.3 is 47.9 Å². The Bertz CT molecular complexity index is 611. The molecule has 0 fully saturated rings. The summed E-state index contributed by atoms with van der Waals surface area (Å²) in [7, 11) is 0. The maximum atomic E-state index is 13.2. The molecule has 0 amide bonds. The van der Waals surface area contributed by atoms with Gasteiger partial charge in [-0.15, -0.1) is 0 Å². The second-order valence-corrected chi connectivity index (χ2v) is 6.86. The van der Waals surface area contributed by atoms with Crippen LogP contribution in [-0.2, 0) is 0 Å². The van der Waals surface area contributed by atoms with Crippen LogP contribution in [0.5, 0.6) is 0 Å². The summed E-state index contributed by atoms with van der Waals surface area (Å²) in [4.78, 5) is 0. The summed E-state index contributed by atoms with van der Waals surface area (Å²) < 4.78 is 227. The highest BCUT2D eigenvalue weighted by Crippen LogP contribution is 2.55. The summed E-state index contributed by atoms with van der Waals surface area (Å²) in [6.45, 7) is -2.69. The van der Waals surface area contributed by atoms with Gasteiger partial charge in [0.15, 0.2) is 0 Å². The first-order chi connectivity index (χ1) is 14.6. The van der Waals surface area contributed by atoms with Crippen molar-refractivity contribution >= 4 is 0 Å². The fourth-order valence-electron chi connectivity index (χ4n) is 2.21. The summed E-state index contributed by atoms with van der Waals surface area (Å²) in [6, 6.07) is 0. The molecule has 20 heteroatoms. The molecule has 0 atom stereocenters. The summed E-state index contributed by atoms with van der Waals surface area (Å²) >= 11 is 0. The van der Waals surface area contributed by atoms with E-state index in [1.807, 2.05) is 0 Å². The van der Waals surface area contributed by atoms with Crippen LogP contribution >= 0.6 is 0 Å². The van der Waals surface area contributed by atoms with Gasteiger partial charge in [0.05, 0.1) is 0 Å². The molecule has 2 nitrogen and oxygen atoms in total. The Morgan fingerprint density at radius 1 is 0.412 bits per heavy atom. The Hall–Kier alpha value is -1.34. The van der Waals surface area contributed by atoms with Crippen LogP contribution in [0, 0.1) is 0 Å². The van der Waals surface area contributed by atoms with Crippen LogP contribution in [0.25, 0.3) is 0 Å². The Balaban J connectivity index is 4.96. The third-order valence-electron chi connectivity index (χ3n) is 4.23. The number of rotatable bonds is 12. The van der Waals surface area contributed by atoms with Crippen LogP contribution in [0.2, 0.25) is 0 Å². The lowest BCUT2D eigenvalue weighted by Gasteiger charge is -2.34. The minimum Gasteiger partial charge on any atom is -0.314 e. The predicted octanol–water partition coefficient (Wildman–Crippen LogP) is 7.17. The van der Waals surface area contributed by atoms with Gasteiger partial charge in [-0.3, -0.25) is 0 Å². The molecule has 0 unspecified atom stereocenters. The molecule has 0 aliphatic heterocycles. The van der Waals surface area contributed by atoms with Crippen molar-refractivity contribution in [3.05, 3.63) is 0 Å². The van der Waals surface area contributed by atoms with Crippen LogP contribution in [-0.4, -0.2) is 71.2 Å². The van der Waals surface area contributed by atoms with E-state index in [9.17, 15) is 79.0 Å². The molecule has 0 rings (SSSR count). The lowest BCUT2D eigenvalue weighted by Crippen LogP contribution is -2.61. The van der Waals surface area contributed by atoms with E-state index in [1.165, 1.54) is 0 Å². The second-order valence-electron chi connectivity index (χ2n) is 6.86. The zero-order valence-electron chi connectivity index (χ0n) is 15.9. The van der Waals surface area contributed by atoms with E-state index in [1.54, 1.807) is 0 Å². The minimum atomic E-state index is -7.18. The summed E-state index contributed by atoms with van der Waals surface area (Å²) in [5.74, 6) is -40.3. The molecule has 34 heavy (non-hydrogen) atoms. The van der Waals surface area contributed by atoms with E-state index in [0.717, 1.165) is 0 Å². The fraction of sp³-hybridized carbons (Fsp3) is 1.00. The third kappa shape index (κ3) is 6.07. The van der Waals surface area contributed by atoms with Crippen LogP contribution in [0.3, 0.4) is 0 Å². The van der Waals surface area contributed by atoms with Crippen molar-refractivity contribution in [2.24, 2.45) is 0 Å². The molecule has 0 saturated heterocycles. The second kappa shape index (κ2) is 9.61. The molecular weight excluding hydrogens is 540 g/mol. The Labute approximate surface area is 177 Å². The van der Waals surface area contributed by atoms with Crippen LogP contribution < -0.4 is 0 Å². The van der Waals surface area contributed by atoms with Crippen molar-refractivity contribution in [1.29, 1.82) is 0 Å². The van der Waals surface area contributed by atoms with Gasteiger partial charge in [0.25, 0.3) is 0 Å². The molecular formula is C14H13F18NO. The maximum absolute atomic E-state index is 13.2. The lowest BCUT2D eigenvalue weighted by molar-refractivity contribution is -0.397. The molecule has 0 aromatic carbocycles. The van der Waals surface area contributed by atoms with Crippen molar-refractivity contribution in [3.8, 4) is 0 Å². The molecule has 0 aliphatic carbocycles. The van der Waals surface area contributed by atoms with Gasteiger partial charge in [-0.1, -0.05) is 0 Å². The average Bonchev–Trinajstić information content (AvgIpc) is 2.58. The molecule has 0 aliphatic rings. The van der Waals surface area contributed by atoms with E-state index >= 15 is 0 Å². The van der Waals surface area contributed by atoms with Crippen molar-refractivity contribution in [2.45, 2.75) is 73.6 Å². The van der Waals surface area contributed by atoms with Crippen molar-refractivity contribution in [3.63, 3.8) is 0 Å². The molecule has 0 heterocycles. The van der Waals surface area contributed by atoms with E-state index in [4.69, 9.17) is 5.21 Å². The minimum absolute atomic E-state index is 0.397. The van der Waals surface area contributed by atoms with Gasteiger partial charge in [-0.05, 0) is 12.8 Å². The SMILES string of the molecule is ON(CCCC(F)(F)C(F)(F)C(F)(F)C(F)(F)F)CCCC(F)(F)C(F)(F)C(F)(F)C(F)(F)F.